The monoisotopic (exact) mass is 346 g/mol. The van der Waals surface area contributed by atoms with Gasteiger partial charge in [-0.3, -0.25) is 9.59 Å². The molecule has 4 aliphatic heterocycles. The lowest BCUT2D eigenvalue weighted by Crippen LogP contribution is -2.49. The van der Waals surface area contributed by atoms with Crippen molar-refractivity contribution in [3.05, 3.63) is 23.8 Å². The maximum atomic E-state index is 13.0. The largest absolute Gasteiger partial charge is 0.454 e. The van der Waals surface area contributed by atoms with Crippen LogP contribution in [0.15, 0.2) is 18.2 Å². The van der Waals surface area contributed by atoms with Crippen molar-refractivity contribution in [3.63, 3.8) is 0 Å². The van der Waals surface area contributed by atoms with Crippen LogP contribution in [-0.4, -0.2) is 67.8 Å². The van der Waals surface area contributed by atoms with Crippen LogP contribution in [0.5, 0.6) is 11.5 Å². The summed E-state index contributed by atoms with van der Waals surface area (Å²) in [5.41, 5.74) is 0.571. The lowest BCUT2D eigenvalue weighted by Gasteiger charge is -2.35. The molecule has 7 nitrogen and oxygen atoms in total. The molecule has 2 atom stereocenters. The number of hydrogen-bond donors (Lipinski definition) is 0. The molecule has 0 aliphatic carbocycles. The van der Waals surface area contributed by atoms with Crippen LogP contribution < -0.4 is 9.47 Å². The SMILES string of the molecule is COCCN1C(=O)[C@@H]2CC[C@H]1CN(C(=O)c1ccc3c(c1)OCO3)C2. The fourth-order valence-corrected chi connectivity index (χ4v) is 3.90. The van der Waals surface area contributed by atoms with Gasteiger partial charge in [-0.05, 0) is 31.0 Å². The highest BCUT2D eigenvalue weighted by molar-refractivity contribution is 5.95. The van der Waals surface area contributed by atoms with E-state index in [0.717, 1.165) is 12.8 Å². The molecule has 3 fully saturated rings. The van der Waals surface area contributed by atoms with Crippen LogP contribution in [0.2, 0.25) is 0 Å². The maximum Gasteiger partial charge on any atom is 0.254 e. The zero-order valence-corrected chi connectivity index (χ0v) is 14.3. The van der Waals surface area contributed by atoms with Crippen molar-refractivity contribution in [1.82, 2.24) is 9.80 Å². The molecule has 1 aromatic carbocycles. The van der Waals surface area contributed by atoms with Crippen molar-refractivity contribution >= 4 is 11.8 Å². The van der Waals surface area contributed by atoms with Gasteiger partial charge in [0.15, 0.2) is 11.5 Å². The van der Waals surface area contributed by atoms with E-state index in [9.17, 15) is 9.59 Å². The predicted molar refractivity (Wildman–Crippen MR) is 88.6 cm³/mol. The standard InChI is InChI=1S/C18H22N2O5/c1-23-7-6-20-14-4-2-13(18(20)22)9-19(10-14)17(21)12-3-5-15-16(8-12)25-11-24-15/h3,5,8,13-14H,2,4,6-7,9-11H2,1H3/t13-,14+/m1/s1. The molecule has 2 amide bonds. The van der Waals surface area contributed by atoms with Gasteiger partial charge >= 0.3 is 0 Å². The number of carbonyl (C=O) groups excluding carboxylic acids is 2. The van der Waals surface area contributed by atoms with E-state index in [1.165, 1.54) is 0 Å². The number of benzene rings is 1. The van der Waals surface area contributed by atoms with E-state index >= 15 is 0 Å². The number of ether oxygens (including phenoxy) is 3. The summed E-state index contributed by atoms with van der Waals surface area (Å²) in [6.45, 7) is 2.34. The number of methoxy groups -OCH3 is 1. The van der Waals surface area contributed by atoms with Gasteiger partial charge in [-0.1, -0.05) is 0 Å². The van der Waals surface area contributed by atoms with E-state index < -0.39 is 0 Å². The van der Waals surface area contributed by atoms with E-state index in [4.69, 9.17) is 14.2 Å². The Morgan fingerprint density at radius 3 is 2.92 bits per heavy atom. The second kappa shape index (κ2) is 6.55. The van der Waals surface area contributed by atoms with Crippen molar-refractivity contribution in [3.8, 4) is 11.5 Å². The van der Waals surface area contributed by atoms with E-state index in [1.54, 1.807) is 25.3 Å². The molecule has 0 spiro atoms. The first-order valence-electron chi connectivity index (χ1n) is 8.65. The Morgan fingerprint density at radius 1 is 1.24 bits per heavy atom. The van der Waals surface area contributed by atoms with Gasteiger partial charge in [0, 0.05) is 38.3 Å². The lowest BCUT2D eigenvalue weighted by molar-refractivity contribution is -0.140. The molecule has 0 saturated carbocycles. The number of fused-ring (bicyclic) bond motifs is 5. The summed E-state index contributed by atoms with van der Waals surface area (Å²) in [6.07, 6.45) is 1.78. The minimum absolute atomic E-state index is 0.0587. The Bertz CT molecular complexity index is 692. The van der Waals surface area contributed by atoms with Crippen LogP contribution in [-0.2, 0) is 9.53 Å². The van der Waals surface area contributed by atoms with Gasteiger partial charge in [0.05, 0.1) is 12.5 Å². The minimum Gasteiger partial charge on any atom is -0.454 e. The zero-order valence-electron chi connectivity index (χ0n) is 14.3. The van der Waals surface area contributed by atoms with Gasteiger partial charge in [-0.2, -0.15) is 0 Å². The summed E-state index contributed by atoms with van der Waals surface area (Å²) in [5, 5.41) is 0. The van der Waals surface area contributed by atoms with Crippen LogP contribution in [0, 0.1) is 5.92 Å². The third-order valence-electron chi connectivity index (χ3n) is 5.24. The molecule has 5 rings (SSSR count). The third kappa shape index (κ3) is 2.93. The summed E-state index contributed by atoms with van der Waals surface area (Å²) in [6, 6.07) is 5.31. The average molecular weight is 346 g/mol. The quantitative estimate of drug-likeness (QED) is 0.817. The molecule has 0 aromatic heterocycles. The number of hydrogen-bond acceptors (Lipinski definition) is 5. The Morgan fingerprint density at radius 2 is 2.08 bits per heavy atom. The molecular weight excluding hydrogens is 324 g/mol. The molecule has 2 bridgehead atoms. The van der Waals surface area contributed by atoms with Gasteiger partial charge in [0.1, 0.15) is 0 Å². The first kappa shape index (κ1) is 16.2. The lowest BCUT2D eigenvalue weighted by atomic mass is 9.94. The average Bonchev–Trinajstić information content (AvgIpc) is 2.93. The van der Waals surface area contributed by atoms with Crippen LogP contribution in [0.4, 0.5) is 0 Å². The van der Waals surface area contributed by atoms with Crippen LogP contribution in [0.25, 0.3) is 0 Å². The fraction of sp³-hybridized carbons (Fsp3) is 0.556. The molecular formula is C18H22N2O5. The smallest absolute Gasteiger partial charge is 0.254 e. The first-order valence-corrected chi connectivity index (χ1v) is 8.65. The first-order chi connectivity index (χ1) is 12.2. The summed E-state index contributed by atoms with van der Waals surface area (Å²) in [4.78, 5) is 29.3. The highest BCUT2D eigenvalue weighted by Gasteiger charge is 2.41. The number of carbonyl (C=O) groups is 2. The topological polar surface area (TPSA) is 68.3 Å². The van der Waals surface area contributed by atoms with Crippen molar-refractivity contribution in [2.24, 2.45) is 5.92 Å². The molecule has 4 heterocycles. The van der Waals surface area contributed by atoms with Gasteiger partial charge in [-0.15, -0.1) is 0 Å². The molecule has 1 aromatic rings. The van der Waals surface area contributed by atoms with Crippen LogP contribution in [0.1, 0.15) is 23.2 Å². The highest BCUT2D eigenvalue weighted by Crippen LogP contribution is 2.34. The Hall–Kier alpha value is -2.28. The predicted octanol–water partition coefficient (Wildman–Crippen LogP) is 1.12. The summed E-state index contributed by atoms with van der Waals surface area (Å²) >= 11 is 0. The number of rotatable bonds is 4. The molecule has 25 heavy (non-hydrogen) atoms. The number of amides is 2. The molecule has 0 unspecified atom stereocenters. The van der Waals surface area contributed by atoms with Crippen molar-refractivity contribution in [2.75, 3.05) is 40.1 Å². The highest BCUT2D eigenvalue weighted by atomic mass is 16.7. The van der Waals surface area contributed by atoms with Crippen LogP contribution >= 0.6 is 0 Å². The third-order valence-corrected chi connectivity index (χ3v) is 5.24. The second-order valence-corrected chi connectivity index (χ2v) is 6.73. The Balaban J connectivity index is 1.53. The maximum absolute atomic E-state index is 13.0. The van der Waals surface area contributed by atoms with Crippen LogP contribution in [0.3, 0.4) is 0 Å². The van der Waals surface area contributed by atoms with E-state index in [0.29, 0.717) is 43.3 Å². The second-order valence-electron chi connectivity index (χ2n) is 6.73. The molecule has 7 heteroatoms. The minimum atomic E-state index is -0.117. The van der Waals surface area contributed by atoms with Crippen molar-refractivity contribution in [1.29, 1.82) is 0 Å². The zero-order chi connectivity index (χ0) is 17.4. The molecule has 0 N–H and O–H groups in total. The molecule has 4 aliphatic rings. The molecule has 3 saturated heterocycles. The van der Waals surface area contributed by atoms with Gasteiger partial charge in [0.2, 0.25) is 12.7 Å². The number of nitrogens with zero attached hydrogens (tertiary/aromatic N) is 2. The summed E-state index contributed by atoms with van der Waals surface area (Å²) in [7, 11) is 1.63. The van der Waals surface area contributed by atoms with Gasteiger partial charge in [-0.25, -0.2) is 0 Å². The molecule has 0 radical (unpaired) electrons. The van der Waals surface area contributed by atoms with Crippen molar-refractivity contribution in [2.45, 2.75) is 18.9 Å². The number of piperidine rings is 1. The van der Waals surface area contributed by atoms with Crippen molar-refractivity contribution < 1.29 is 23.8 Å². The van der Waals surface area contributed by atoms with E-state index in [1.807, 2.05) is 9.80 Å². The fourth-order valence-electron chi connectivity index (χ4n) is 3.90. The Labute approximate surface area is 146 Å². The molecule has 134 valence electrons. The summed E-state index contributed by atoms with van der Waals surface area (Å²) < 4.78 is 15.8. The van der Waals surface area contributed by atoms with Gasteiger partial charge < -0.3 is 24.0 Å². The van der Waals surface area contributed by atoms with E-state index in [2.05, 4.69) is 0 Å². The summed E-state index contributed by atoms with van der Waals surface area (Å²) in [5.74, 6) is 1.23. The normalized spacial score (nSPS) is 24.6. The Kier molecular flexibility index (Phi) is 4.25. The van der Waals surface area contributed by atoms with Gasteiger partial charge in [0.25, 0.3) is 5.91 Å². The van der Waals surface area contributed by atoms with E-state index in [-0.39, 0.29) is 30.6 Å².